The van der Waals surface area contributed by atoms with Gasteiger partial charge in [0.05, 0.1) is 25.2 Å². The van der Waals surface area contributed by atoms with Crippen molar-refractivity contribution >= 4 is 17.8 Å². The Morgan fingerprint density at radius 3 is 2.09 bits per heavy atom. The number of hydrogen-bond donors (Lipinski definition) is 0. The van der Waals surface area contributed by atoms with Crippen LogP contribution in [0.3, 0.4) is 0 Å². The van der Waals surface area contributed by atoms with Crippen LogP contribution in [0.4, 0.5) is 0 Å². The highest BCUT2D eigenvalue weighted by Gasteiger charge is 2.42. The van der Waals surface area contributed by atoms with Gasteiger partial charge in [-0.05, 0) is 33.6 Å². The lowest BCUT2D eigenvalue weighted by atomic mass is 9.84. The molecule has 0 spiro atoms. The number of rotatable bonds is 8. The van der Waals surface area contributed by atoms with Crippen molar-refractivity contribution in [3.8, 4) is 0 Å². The highest BCUT2D eigenvalue weighted by molar-refractivity contribution is 5.94. The molecule has 1 aliphatic heterocycles. The Bertz CT molecular complexity index is 417. The molecule has 1 saturated heterocycles. The van der Waals surface area contributed by atoms with Crippen LogP contribution in [0.2, 0.25) is 0 Å². The molecule has 7 nitrogen and oxygen atoms in total. The van der Waals surface area contributed by atoms with Gasteiger partial charge in [-0.25, -0.2) is 0 Å². The first-order chi connectivity index (χ1) is 11.0. The Morgan fingerprint density at radius 2 is 1.57 bits per heavy atom. The summed E-state index contributed by atoms with van der Waals surface area (Å²) in [5.41, 5.74) is -0.650. The van der Waals surface area contributed by atoms with Gasteiger partial charge >= 0.3 is 11.9 Å². The molecule has 132 valence electrons. The van der Waals surface area contributed by atoms with E-state index in [1.54, 1.807) is 18.7 Å². The summed E-state index contributed by atoms with van der Waals surface area (Å²) in [6, 6.07) is 0. The van der Waals surface area contributed by atoms with E-state index in [0.29, 0.717) is 39.2 Å². The van der Waals surface area contributed by atoms with Gasteiger partial charge in [0, 0.05) is 19.8 Å². The number of nitrogens with zero attached hydrogens (tertiary/aromatic N) is 1. The smallest absolute Gasteiger partial charge is 0.315 e. The third kappa shape index (κ3) is 5.49. The number of esters is 2. The molecule has 0 aromatic heterocycles. The van der Waals surface area contributed by atoms with E-state index in [1.165, 1.54) is 0 Å². The molecule has 0 bridgehead atoms. The maximum Gasteiger partial charge on any atom is 0.315 e. The Balaban J connectivity index is 2.90. The molecule has 1 rings (SSSR count). The van der Waals surface area contributed by atoms with Crippen LogP contribution in [-0.2, 0) is 28.6 Å². The summed E-state index contributed by atoms with van der Waals surface area (Å²) in [7, 11) is 0. The number of hydrogen-bond acceptors (Lipinski definition) is 6. The molecule has 7 heteroatoms. The van der Waals surface area contributed by atoms with Crippen molar-refractivity contribution in [2.45, 2.75) is 52.0 Å². The zero-order valence-electron chi connectivity index (χ0n) is 14.3. The second kappa shape index (κ2) is 9.50. The van der Waals surface area contributed by atoms with Crippen LogP contribution in [0.5, 0.6) is 0 Å². The third-order valence-corrected chi connectivity index (χ3v) is 3.99. The van der Waals surface area contributed by atoms with Gasteiger partial charge in [-0.2, -0.15) is 0 Å². The van der Waals surface area contributed by atoms with Crippen LogP contribution >= 0.6 is 0 Å². The number of carbonyl (C=O) groups is 3. The van der Waals surface area contributed by atoms with Crippen LogP contribution in [0.1, 0.15) is 46.5 Å². The lowest BCUT2D eigenvalue weighted by Crippen LogP contribution is -2.56. The molecule has 0 unspecified atom stereocenters. The molecule has 0 atom stereocenters. The predicted octanol–water partition coefficient (Wildman–Crippen LogP) is 1.29. The van der Waals surface area contributed by atoms with E-state index in [-0.39, 0.29) is 31.3 Å². The van der Waals surface area contributed by atoms with E-state index in [1.807, 2.05) is 6.92 Å². The third-order valence-electron chi connectivity index (χ3n) is 3.99. The zero-order valence-corrected chi connectivity index (χ0v) is 14.3. The van der Waals surface area contributed by atoms with E-state index in [9.17, 15) is 14.4 Å². The molecule has 0 aromatic rings. The quantitative estimate of drug-likeness (QED) is 0.493. The number of ether oxygens (including phenoxy) is 3. The van der Waals surface area contributed by atoms with Crippen molar-refractivity contribution in [2.75, 3.05) is 33.0 Å². The average Bonchev–Trinajstić information content (AvgIpc) is 2.48. The van der Waals surface area contributed by atoms with Gasteiger partial charge in [0.15, 0.2) is 0 Å². The monoisotopic (exact) mass is 329 g/mol. The molecular weight excluding hydrogens is 302 g/mol. The summed E-state index contributed by atoms with van der Waals surface area (Å²) in [6.07, 6.45) is 0.905. The van der Waals surface area contributed by atoms with Crippen molar-refractivity contribution < 1.29 is 28.6 Å². The van der Waals surface area contributed by atoms with Crippen molar-refractivity contribution in [1.82, 2.24) is 4.90 Å². The lowest BCUT2D eigenvalue weighted by molar-refractivity contribution is -0.156. The second-order valence-electron chi connectivity index (χ2n) is 5.44. The molecule has 1 heterocycles. The minimum Gasteiger partial charge on any atom is -0.466 e. The topological polar surface area (TPSA) is 82.1 Å². The molecule has 0 radical (unpaired) electrons. The average molecular weight is 329 g/mol. The Hall–Kier alpha value is -1.63. The Kier molecular flexibility index (Phi) is 8.02. The SMILES string of the molecule is CCOC(=O)CC(=O)N(CC)C1(CC(=O)OCC)CCOCC1. The summed E-state index contributed by atoms with van der Waals surface area (Å²) >= 11 is 0. The summed E-state index contributed by atoms with van der Waals surface area (Å²) in [4.78, 5) is 37.7. The first-order valence-corrected chi connectivity index (χ1v) is 8.18. The highest BCUT2D eigenvalue weighted by Crippen LogP contribution is 2.32. The molecule has 0 aromatic carbocycles. The maximum atomic E-state index is 12.5. The summed E-state index contributed by atoms with van der Waals surface area (Å²) in [6.45, 7) is 7.18. The fourth-order valence-corrected chi connectivity index (χ4v) is 2.98. The second-order valence-corrected chi connectivity index (χ2v) is 5.44. The summed E-state index contributed by atoms with van der Waals surface area (Å²) in [5, 5.41) is 0. The molecule has 0 N–H and O–H groups in total. The van der Waals surface area contributed by atoms with Crippen molar-refractivity contribution in [2.24, 2.45) is 0 Å². The van der Waals surface area contributed by atoms with Crippen molar-refractivity contribution in [1.29, 1.82) is 0 Å². The van der Waals surface area contributed by atoms with Crippen molar-refractivity contribution in [3.05, 3.63) is 0 Å². The van der Waals surface area contributed by atoms with Gasteiger partial charge in [0.2, 0.25) is 5.91 Å². The molecule has 23 heavy (non-hydrogen) atoms. The molecule has 1 fully saturated rings. The van der Waals surface area contributed by atoms with Gasteiger partial charge in [0.1, 0.15) is 6.42 Å². The first kappa shape index (κ1) is 19.4. The lowest BCUT2D eigenvalue weighted by Gasteiger charge is -2.45. The van der Waals surface area contributed by atoms with E-state index < -0.39 is 11.5 Å². The van der Waals surface area contributed by atoms with E-state index in [0.717, 1.165) is 0 Å². The Morgan fingerprint density at radius 1 is 1.00 bits per heavy atom. The minimum absolute atomic E-state index is 0.118. The molecule has 0 aliphatic carbocycles. The highest BCUT2D eigenvalue weighted by atomic mass is 16.5. The van der Waals surface area contributed by atoms with E-state index >= 15 is 0 Å². The fraction of sp³-hybridized carbons (Fsp3) is 0.812. The van der Waals surface area contributed by atoms with Gasteiger partial charge in [-0.15, -0.1) is 0 Å². The van der Waals surface area contributed by atoms with Crippen LogP contribution in [0, 0.1) is 0 Å². The standard InChI is InChI=1S/C16H27NO6/c1-4-17(13(18)11-14(19)22-5-2)16(7-9-21-10-8-16)12-15(20)23-6-3/h4-12H2,1-3H3. The molecular formula is C16H27NO6. The molecule has 1 aliphatic rings. The predicted molar refractivity (Wildman–Crippen MR) is 82.7 cm³/mol. The van der Waals surface area contributed by atoms with E-state index in [4.69, 9.17) is 14.2 Å². The zero-order chi connectivity index (χ0) is 17.3. The van der Waals surface area contributed by atoms with Gasteiger partial charge in [-0.3, -0.25) is 14.4 Å². The minimum atomic E-state index is -0.650. The fourth-order valence-electron chi connectivity index (χ4n) is 2.98. The van der Waals surface area contributed by atoms with Crippen LogP contribution in [0.15, 0.2) is 0 Å². The van der Waals surface area contributed by atoms with Gasteiger partial charge in [0.25, 0.3) is 0 Å². The normalized spacial score (nSPS) is 16.5. The molecule has 0 saturated carbocycles. The Labute approximate surface area is 137 Å². The molecule has 1 amide bonds. The van der Waals surface area contributed by atoms with Crippen LogP contribution in [-0.4, -0.2) is 61.3 Å². The van der Waals surface area contributed by atoms with Crippen LogP contribution < -0.4 is 0 Å². The van der Waals surface area contributed by atoms with Crippen molar-refractivity contribution in [3.63, 3.8) is 0 Å². The maximum absolute atomic E-state index is 12.5. The summed E-state index contributed by atoms with van der Waals surface area (Å²) in [5.74, 6) is -1.21. The van der Waals surface area contributed by atoms with E-state index in [2.05, 4.69) is 0 Å². The van der Waals surface area contributed by atoms with Gasteiger partial charge in [-0.1, -0.05) is 0 Å². The first-order valence-electron chi connectivity index (χ1n) is 8.18. The number of amides is 1. The number of carbonyl (C=O) groups excluding carboxylic acids is 3. The summed E-state index contributed by atoms with van der Waals surface area (Å²) < 4.78 is 15.3. The largest absolute Gasteiger partial charge is 0.466 e. The van der Waals surface area contributed by atoms with Crippen LogP contribution in [0.25, 0.3) is 0 Å². The van der Waals surface area contributed by atoms with Gasteiger partial charge < -0.3 is 19.1 Å².